The van der Waals surface area contributed by atoms with Crippen molar-refractivity contribution in [2.75, 3.05) is 25.0 Å². The molecular formula is C14H16F3N3OS. The second-order valence-electron chi connectivity index (χ2n) is 4.86. The number of carbonyl (C=O) groups is 1. The molecular weight excluding hydrogens is 315 g/mol. The molecule has 2 rings (SSSR count). The monoisotopic (exact) mass is 331 g/mol. The lowest BCUT2D eigenvalue weighted by molar-refractivity contribution is -0.147. The fourth-order valence-corrected chi connectivity index (χ4v) is 2.95. The van der Waals surface area contributed by atoms with Crippen LogP contribution in [0.3, 0.4) is 0 Å². The SMILES string of the molecule is CCCN(CC(=O)Nc1nc2ccccc2s1)CC(F)(F)F. The summed E-state index contributed by atoms with van der Waals surface area (Å²) in [5, 5.41) is 2.96. The third-order valence-electron chi connectivity index (χ3n) is 2.85. The van der Waals surface area contributed by atoms with Gasteiger partial charge < -0.3 is 5.32 Å². The van der Waals surface area contributed by atoms with Gasteiger partial charge in [-0.25, -0.2) is 4.98 Å². The molecule has 0 radical (unpaired) electrons. The Kier molecular flexibility index (Phi) is 5.36. The van der Waals surface area contributed by atoms with Gasteiger partial charge in [0.2, 0.25) is 5.91 Å². The van der Waals surface area contributed by atoms with Crippen molar-refractivity contribution in [3.05, 3.63) is 24.3 Å². The van der Waals surface area contributed by atoms with Gasteiger partial charge in [0.1, 0.15) is 0 Å². The lowest BCUT2D eigenvalue weighted by Gasteiger charge is -2.22. The molecule has 0 saturated carbocycles. The molecule has 0 aliphatic rings. The number of anilines is 1. The number of rotatable bonds is 6. The van der Waals surface area contributed by atoms with Gasteiger partial charge in [-0.1, -0.05) is 30.4 Å². The molecule has 0 atom stereocenters. The minimum atomic E-state index is -4.31. The predicted octanol–water partition coefficient (Wildman–Crippen LogP) is 3.51. The average molecular weight is 331 g/mol. The maximum Gasteiger partial charge on any atom is 0.401 e. The van der Waals surface area contributed by atoms with Crippen LogP contribution in [-0.4, -0.2) is 41.6 Å². The summed E-state index contributed by atoms with van der Waals surface area (Å²) in [6.07, 6.45) is -3.77. The Hall–Kier alpha value is -1.67. The molecule has 0 unspecified atom stereocenters. The first-order valence-electron chi connectivity index (χ1n) is 6.82. The van der Waals surface area contributed by atoms with E-state index in [1.165, 1.54) is 11.3 Å². The number of nitrogens with one attached hydrogen (secondary N) is 1. The third kappa shape index (κ3) is 4.96. The zero-order valence-corrected chi connectivity index (χ0v) is 12.8. The summed E-state index contributed by atoms with van der Waals surface area (Å²) in [6, 6.07) is 7.38. The molecule has 8 heteroatoms. The van der Waals surface area contributed by atoms with E-state index < -0.39 is 18.6 Å². The van der Waals surface area contributed by atoms with Crippen molar-refractivity contribution in [1.82, 2.24) is 9.88 Å². The van der Waals surface area contributed by atoms with Crippen LogP contribution in [0.25, 0.3) is 10.2 Å². The van der Waals surface area contributed by atoms with Gasteiger partial charge in [-0.2, -0.15) is 13.2 Å². The number of amides is 1. The van der Waals surface area contributed by atoms with Crippen LogP contribution in [0.2, 0.25) is 0 Å². The Morgan fingerprint density at radius 2 is 2.09 bits per heavy atom. The van der Waals surface area contributed by atoms with Crippen molar-refractivity contribution >= 4 is 32.6 Å². The second kappa shape index (κ2) is 7.06. The molecule has 1 amide bonds. The number of halogens is 3. The summed E-state index contributed by atoms with van der Waals surface area (Å²) >= 11 is 1.30. The van der Waals surface area contributed by atoms with Gasteiger partial charge in [-0.05, 0) is 25.1 Å². The molecule has 1 aromatic heterocycles. The van der Waals surface area contributed by atoms with Crippen LogP contribution in [0.5, 0.6) is 0 Å². The smallest absolute Gasteiger partial charge is 0.301 e. The molecule has 22 heavy (non-hydrogen) atoms. The summed E-state index contributed by atoms with van der Waals surface area (Å²) < 4.78 is 38.3. The average Bonchev–Trinajstić information content (AvgIpc) is 2.78. The highest BCUT2D eigenvalue weighted by Crippen LogP contribution is 2.25. The number of fused-ring (bicyclic) bond motifs is 1. The Bertz CT molecular complexity index is 609. The van der Waals surface area contributed by atoms with Crippen LogP contribution in [0, 0.1) is 0 Å². The van der Waals surface area contributed by atoms with E-state index in [1.54, 1.807) is 6.92 Å². The summed E-state index contributed by atoms with van der Waals surface area (Å²) in [4.78, 5) is 17.2. The fraction of sp³-hybridized carbons (Fsp3) is 0.429. The van der Waals surface area contributed by atoms with Crippen LogP contribution in [0.4, 0.5) is 18.3 Å². The van der Waals surface area contributed by atoms with Crippen LogP contribution < -0.4 is 5.32 Å². The van der Waals surface area contributed by atoms with Crippen LogP contribution in [-0.2, 0) is 4.79 Å². The van der Waals surface area contributed by atoms with E-state index >= 15 is 0 Å². The van der Waals surface area contributed by atoms with Crippen molar-refractivity contribution in [2.24, 2.45) is 0 Å². The Balaban J connectivity index is 1.98. The maximum atomic E-state index is 12.5. The lowest BCUT2D eigenvalue weighted by atomic mass is 10.3. The number of benzene rings is 1. The summed E-state index contributed by atoms with van der Waals surface area (Å²) in [6.45, 7) is 0.596. The number of para-hydroxylation sites is 1. The first-order valence-corrected chi connectivity index (χ1v) is 7.63. The van der Waals surface area contributed by atoms with Crippen LogP contribution in [0.1, 0.15) is 13.3 Å². The molecule has 1 aromatic carbocycles. The summed E-state index contributed by atoms with van der Waals surface area (Å²) in [5.74, 6) is -0.489. The second-order valence-corrected chi connectivity index (χ2v) is 5.89. The normalized spacial score (nSPS) is 12.0. The highest BCUT2D eigenvalue weighted by atomic mass is 32.1. The molecule has 0 spiro atoms. The number of thiazole rings is 1. The topological polar surface area (TPSA) is 45.2 Å². The van der Waals surface area contributed by atoms with Crippen molar-refractivity contribution in [2.45, 2.75) is 19.5 Å². The van der Waals surface area contributed by atoms with Crippen molar-refractivity contribution < 1.29 is 18.0 Å². The quantitative estimate of drug-likeness (QED) is 0.881. The number of hydrogen-bond donors (Lipinski definition) is 1. The van der Waals surface area contributed by atoms with E-state index in [0.29, 0.717) is 11.6 Å². The highest BCUT2D eigenvalue weighted by Gasteiger charge is 2.31. The van der Waals surface area contributed by atoms with E-state index in [9.17, 15) is 18.0 Å². The van der Waals surface area contributed by atoms with E-state index in [-0.39, 0.29) is 13.1 Å². The first kappa shape index (κ1) is 16.7. The van der Waals surface area contributed by atoms with Gasteiger partial charge in [0.05, 0.1) is 23.3 Å². The van der Waals surface area contributed by atoms with Gasteiger partial charge in [-0.15, -0.1) is 0 Å². The zero-order chi connectivity index (χ0) is 16.2. The standard InChI is InChI=1S/C14H16F3N3OS/c1-2-7-20(9-14(15,16)17)8-12(21)19-13-18-10-5-3-4-6-11(10)22-13/h3-6H,2,7-9H2,1H3,(H,18,19,21). The third-order valence-corrected chi connectivity index (χ3v) is 3.80. The van der Waals surface area contributed by atoms with Gasteiger partial charge in [0, 0.05) is 0 Å². The highest BCUT2D eigenvalue weighted by molar-refractivity contribution is 7.22. The number of carbonyl (C=O) groups excluding carboxylic acids is 1. The molecule has 0 saturated heterocycles. The molecule has 0 aliphatic heterocycles. The van der Waals surface area contributed by atoms with Gasteiger partial charge >= 0.3 is 6.18 Å². The zero-order valence-electron chi connectivity index (χ0n) is 12.0. The van der Waals surface area contributed by atoms with E-state index in [4.69, 9.17) is 0 Å². The van der Waals surface area contributed by atoms with Crippen LogP contribution in [0.15, 0.2) is 24.3 Å². The predicted molar refractivity (Wildman–Crippen MR) is 81.0 cm³/mol. The van der Waals surface area contributed by atoms with E-state index in [0.717, 1.165) is 15.1 Å². The molecule has 0 aliphatic carbocycles. The van der Waals surface area contributed by atoms with Gasteiger partial charge in [0.25, 0.3) is 0 Å². The van der Waals surface area contributed by atoms with E-state index in [1.807, 2.05) is 24.3 Å². The Morgan fingerprint density at radius 1 is 1.36 bits per heavy atom. The number of alkyl halides is 3. The fourth-order valence-electron chi connectivity index (χ4n) is 2.07. The molecule has 1 heterocycles. The first-order chi connectivity index (χ1) is 10.4. The molecule has 4 nitrogen and oxygen atoms in total. The molecule has 120 valence electrons. The van der Waals surface area contributed by atoms with Gasteiger partial charge in [0.15, 0.2) is 5.13 Å². The van der Waals surface area contributed by atoms with E-state index in [2.05, 4.69) is 10.3 Å². The summed E-state index contributed by atoms with van der Waals surface area (Å²) in [5.41, 5.74) is 0.753. The minimum absolute atomic E-state index is 0.215. The van der Waals surface area contributed by atoms with Crippen molar-refractivity contribution in [1.29, 1.82) is 0 Å². The van der Waals surface area contributed by atoms with Crippen molar-refractivity contribution in [3.63, 3.8) is 0 Å². The molecule has 2 aromatic rings. The minimum Gasteiger partial charge on any atom is -0.301 e. The Morgan fingerprint density at radius 3 is 2.73 bits per heavy atom. The lowest BCUT2D eigenvalue weighted by Crippen LogP contribution is -2.40. The van der Waals surface area contributed by atoms with Gasteiger partial charge in [-0.3, -0.25) is 9.69 Å². The molecule has 0 bridgehead atoms. The maximum absolute atomic E-state index is 12.5. The van der Waals surface area contributed by atoms with Crippen LogP contribution >= 0.6 is 11.3 Å². The number of hydrogen-bond acceptors (Lipinski definition) is 4. The molecule has 0 fully saturated rings. The number of aromatic nitrogens is 1. The van der Waals surface area contributed by atoms with Crippen molar-refractivity contribution in [3.8, 4) is 0 Å². The Labute approximate surface area is 129 Å². The number of nitrogens with zero attached hydrogens (tertiary/aromatic N) is 2. The largest absolute Gasteiger partial charge is 0.401 e. The molecule has 1 N–H and O–H groups in total. The summed E-state index contributed by atoms with van der Waals surface area (Å²) in [7, 11) is 0.